The second kappa shape index (κ2) is 9.61. The van der Waals surface area contributed by atoms with Crippen LogP contribution in [0.2, 0.25) is 0 Å². The molecule has 8 nitrogen and oxygen atoms in total. The van der Waals surface area contributed by atoms with Crippen LogP contribution in [0.3, 0.4) is 0 Å². The maximum absolute atomic E-state index is 14.7. The maximum Gasteiger partial charge on any atom is 0.573 e. The summed E-state index contributed by atoms with van der Waals surface area (Å²) in [7, 11) is 0. The van der Waals surface area contributed by atoms with Gasteiger partial charge in [0.25, 0.3) is 0 Å². The molecule has 0 aliphatic carbocycles. The van der Waals surface area contributed by atoms with Crippen molar-refractivity contribution in [3.05, 3.63) is 41.8 Å². The minimum atomic E-state index is -4.78. The van der Waals surface area contributed by atoms with Gasteiger partial charge in [0.05, 0.1) is 23.9 Å². The molecule has 1 unspecified atom stereocenters. The minimum absolute atomic E-state index is 0.00499. The number of cyclic esters (lactones) is 1. The van der Waals surface area contributed by atoms with E-state index < -0.39 is 42.1 Å². The lowest BCUT2D eigenvalue weighted by Gasteiger charge is -2.31. The largest absolute Gasteiger partial charge is 0.573 e. The number of benzene rings is 1. The van der Waals surface area contributed by atoms with E-state index in [-0.39, 0.29) is 24.1 Å². The average molecular weight is 486 g/mol. The van der Waals surface area contributed by atoms with Gasteiger partial charge < -0.3 is 19.5 Å². The van der Waals surface area contributed by atoms with Crippen molar-refractivity contribution in [3.63, 3.8) is 0 Å². The molecule has 1 aliphatic rings. The van der Waals surface area contributed by atoms with Crippen LogP contribution in [0.25, 0.3) is 0 Å². The standard InChI is InChI=1S/C22H26F4N4O4/c1-12(14-6-8-15(9-7-14)34-22(24,25)26)28-19-27-10-16(23)18(29-19)30-17(11-32-20(30)31)13(2)33-21(3,4)5/h6-10,12-13,17H,11H2,1-5H3,(H,27,28,29)/t12-,13+,17?/m0/s1. The highest BCUT2D eigenvalue weighted by Gasteiger charge is 2.42. The normalized spacial score (nSPS) is 18.4. The third-order valence-electron chi connectivity index (χ3n) is 4.90. The van der Waals surface area contributed by atoms with Gasteiger partial charge in [-0.05, 0) is 52.3 Å². The molecule has 0 spiro atoms. The smallest absolute Gasteiger partial charge is 0.447 e. The van der Waals surface area contributed by atoms with Gasteiger partial charge in [-0.1, -0.05) is 12.1 Å². The summed E-state index contributed by atoms with van der Waals surface area (Å²) < 4.78 is 66.6. The molecule has 1 aromatic heterocycles. The maximum atomic E-state index is 14.7. The van der Waals surface area contributed by atoms with Crippen LogP contribution in [0, 0.1) is 5.82 Å². The fourth-order valence-electron chi connectivity index (χ4n) is 3.49. The van der Waals surface area contributed by atoms with E-state index in [9.17, 15) is 22.4 Å². The molecule has 1 saturated heterocycles. The molecule has 2 aromatic rings. The van der Waals surface area contributed by atoms with E-state index in [2.05, 4.69) is 20.0 Å². The predicted octanol–water partition coefficient (Wildman–Crippen LogP) is 5.22. The average Bonchev–Trinajstić information content (AvgIpc) is 3.09. The van der Waals surface area contributed by atoms with Gasteiger partial charge in [0.2, 0.25) is 5.95 Å². The topological polar surface area (TPSA) is 85.8 Å². The van der Waals surface area contributed by atoms with Crippen molar-refractivity contribution in [2.75, 3.05) is 16.8 Å². The molecule has 1 fully saturated rings. The molecule has 3 rings (SSSR count). The predicted molar refractivity (Wildman–Crippen MR) is 115 cm³/mol. The van der Waals surface area contributed by atoms with Crippen LogP contribution in [0.15, 0.2) is 30.5 Å². The molecule has 3 atom stereocenters. The van der Waals surface area contributed by atoms with Crippen LogP contribution in [0.5, 0.6) is 5.75 Å². The number of halogens is 4. The molecule has 12 heteroatoms. The summed E-state index contributed by atoms with van der Waals surface area (Å²) in [6.45, 7) is 9.08. The van der Waals surface area contributed by atoms with Gasteiger partial charge in [0.15, 0.2) is 11.6 Å². The fourth-order valence-corrected chi connectivity index (χ4v) is 3.49. The number of amides is 1. The summed E-state index contributed by atoms with van der Waals surface area (Å²) in [5.41, 5.74) is 0.110. The van der Waals surface area contributed by atoms with Crippen molar-refractivity contribution in [2.24, 2.45) is 0 Å². The Morgan fingerprint density at radius 1 is 1.18 bits per heavy atom. The first kappa shape index (κ1) is 25.5. The molecular formula is C22H26F4N4O4. The van der Waals surface area contributed by atoms with E-state index in [1.807, 2.05) is 20.8 Å². The number of nitrogens with one attached hydrogen (secondary N) is 1. The lowest BCUT2D eigenvalue weighted by atomic mass is 10.1. The Labute approximate surface area is 194 Å². The number of alkyl halides is 3. The van der Waals surface area contributed by atoms with Crippen LogP contribution < -0.4 is 15.0 Å². The molecule has 186 valence electrons. The summed E-state index contributed by atoms with van der Waals surface area (Å²) in [6, 6.07) is 4.19. The Morgan fingerprint density at radius 2 is 1.82 bits per heavy atom. The zero-order chi connectivity index (χ0) is 25.3. The summed E-state index contributed by atoms with van der Waals surface area (Å²) in [5, 5.41) is 2.95. The molecule has 1 amide bonds. The SMILES string of the molecule is C[C@H](Nc1ncc(F)c(N2C(=O)OCC2[C@@H](C)OC(C)(C)C)n1)c1ccc(OC(F)(F)F)cc1. The van der Waals surface area contributed by atoms with E-state index in [4.69, 9.17) is 9.47 Å². The molecule has 0 bridgehead atoms. The first-order valence-electron chi connectivity index (χ1n) is 10.5. The van der Waals surface area contributed by atoms with Crippen LogP contribution in [-0.2, 0) is 9.47 Å². The highest BCUT2D eigenvalue weighted by molar-refractivity contribution is 5.89. The summed E-state index contributed by atoms with van der Waals surface area (Å²) in [4.78, 5) is 21.6. The third kappa shape index (κ3) is 6.46. The molecule has 0 saturated carbocycles. The van der Waals surface area contributed by atoms with E-state index in [1.165, 1.54) is 24.3 Å². The number of hydrogen-bond acceptors (Lipinski definition) is 7. The Morgan fingerprint density at radius 3 is 2.41 bits per heavy atom. The van der Waals surface area contributed by atoms with Crippen LogP contribution in [-0.4, -0.2) is 46.8 Å². The number of hydrogen-bond donors (Lipinski definition) is 1. The first-order chi connectivity index (χ1) is 15.7. The van der Waals surface area contributed by atoms with Crippen molar-refractivity contribution in [1.82, 2.24) is 9.97 Å². The van der Waals surface area contributed by atoms with Gasteiger partial charge in [-0.3, -0.25) is 0 Å². The van der Waals surface area contributed by atoms with E-state index in [0.717, 1.165) is 11.1 Å². The third-order valence-corrected chi connectivity index (χ3v) is 4.90. The Kier molecular flexibility index (Phi) is 7.20. The molecule has 2 heterocycles. The van der Waals surface area contributed by atoms with Crippen molar-refractivity contribution >= 4 is 17.9 Å². The summed E-state index contributed by atoms with van der Waals surface area (Å²) >= 11 is 0. The van der Waals surface area contributed by atoms with E-state index in [1.54, 1.807) is 13.8 Å². The van der Waals surface area contributed by atoms with Gasteiger partial charge in [0.1, 0.15) is 18.4 Å². The van der Waals surface area contributed by atoms with Crippen LogP contribution in [0.4, 0.5) is 34.1 Å². The number of anilines is 2. The Balaban J connectivity index is 1.78. The molecule has 1 N–H and O–H groups in total. The number of ether oxygens (including phenoxy) is 3. The molecule has 1 aliphatic heterocycles. The number of aromatic nitrogens is 2. The lowest BCUT2D eigenvalue weighted by Crippen LogP contribution is -2.45. The van der Waals surface area contributed by atoms with E-state index in [0.29, 0.717) is 5.56 Å². The van der Waals surface area contributed by atoms with Crippen LogP contribution in [0.1, 0.15) is 46.2 Å². The zero-order valence-corrected chi connectivity index (χ0v) is 19.3. The van der Waals surface area contributed by atoms with Gasteiger partial charge in [0, 0.05) is 0 Å². The highest BCUT2D eigenvalue weighted by atomic mass is 19.4. The summed E-state index contributed by atoms with van der Waals surface area (Å²) in [6.07, 6.45) is -5.09. The quantitative estimate of drug-likeness (QED) is 0.538. The Bertz CT molecular complexity index is 1010. The molecular weight excluding hydrogens is 460 g/mol. The van der Waals surface area contributed by atoms with Crippen molar-refractivity contribution < 1.29 is 36.6 Å². The van der Waals surface area contributed by atoms with Gasteiger partial charge in [-0.15, -0.1) is 13.2 Å². The zero-order valence-electron chi connectivity index (χ0n) is 19.3. The van der Waals surface area contributed by atoms with Crippen molar-refractivity contribution in [2.45, 2.75) is 64.8 Å². The molecule has 0 radical (unpaired) electrons. The number of carbonyl (C=O) groups excluding carboxylic acids is 1. The number of rotatable bonds is 7. The minimum Gasteiger partial charge on any atom is -0.447 e. The lowest BCUT2D eigenvalue weighted by molar-refractivity contribution is -0.274. The number of nitrogens with zero attached hydrogens (tertiary/aromatic N) is 3. The number of carbonyl (C=O) groups is 1. The highest BCUT2D eigenvalue weighted by Crippen LogP contribution is 2.30. The second-order valence-electron chi connectivity index (χ2n) is 8.80. The van der Waals surface area contributed by atoms with Gasteiger partial charge in [-0.25, -0.2) is 19.1 Å². The first-order valence-corrected chi connectivity index (χ1v) is 10.5. The second-order valence-corrected chi connectivity index (χ2v) is 8.80. The van der Waals surface area contributed by atoms with Crippen molar-refractivity contribution in [1.29, 1.82) is 0 Å². The van der Waals surface area contributed by atoms with Gasteiger partial charge >= 0.3 is 12.5 Å². The van der Waals surface area contributed by atoms with E-state index >= 15 is 0 Å². The molecule has 34 heavy (non-hydrogen) atoms. The summed E-state index contributed by atoms with van der Waals surface area (Å²) in [5.74, 6) is -1.43. The monoisotopic (exact) mass is 486 g/mol. The van der Waals surface area contributed by atoms with Gasteiger partial charge in [-0.2, -0.15) is 4.98 Å². The fraction of sp³-hybridized carbons (Fsp3) is 0.500. The Hall–Kier alpha value is -3.15. The van der Waals surface area contributed by atoms with Crippen molar-refractivity contribution in [3.8, 4) is 5.75 Å². The molecule has 1 aromatic carbocycles. The van der Waals surface area contributed by atoms with Crippen LogP contribution >= 0.6 is 0 Å².